The first kappa shape index (κ1) is 20.4. The molecule has 0 fully saturated rings. The fourth-order valence-electron chi connectivity index (χ4n) is 2.52. The number of carbonyl (C=O) groups is 2. The molecule has 0 aliphatic carbocycles. The molecule has 2 aromatic rings. The number of rotatable bonds is 10. The lowest BCUT2D eigenvalue weighted by Crippen LogP contribution is -2.32. The van der Waals surface area contributed by atoms with E-state index in [1.54, 1.807) is 17.0 Å². The van der Waals surface area contributed by atoms with Crippen molar-refractivity contribution in [1.29, 1.82) is 0 Å². The highest BCUT2D eigenvalue weighted by Crippen LogP contribution is 2.12. The number of para-hydroxylation sites is 1. The second kappa shape index (κ2) is 11.0. The lowest BCUT2D eigenvalue weighted by molar-refractivity contribution is -0.142. The van der Waals surface area contributed by atoms with Gasteiger partial charge in [-0.1, -0.05) is 30.3 Å². The molecule has 0 spiro atoms. The van der Waals surface area contributed by atoms with Crippen LogP contribution in [0, 0.1) is 5.82 Å². The van der Waals surface area contributed by atoms with Crippen molar-refractivity contribution in [2.45, 2.75) is 25.8 Å². The minimum absolute atomic E-state index is 0.0834. The van der Waals surface area contributed by atoms with Gasteiger partial charge < -0.3 is 14.4 Å². The molecule has 2 rings (SSSR count). The second-order valence-electron chi connectivity index (χ2n) is 6.03. The van der Waals surface area contributed by atoms with Crippen LogP contribution in [-0.4, -0.2) is 37.0 Å². The van der Waals surface area contributed by atoms with E-state index in [0.29, 0.717) is 26.0 Å². The van der Waals surface area contributed by atoms with Crippen molar-refractivity contribution in [2.75, 3.05) is 20.3 Å². The zero-order valence-corrected chi connectivity index (χ0v) is 15.4. The van der Waals surface area contributed by atoms with Gasteiger partial charge in [-0.2, -0.15) is 0 Å². The third-order valence-electron chi connectivity index (χ3n) is 4.00. The van der Waals surface area contributed by atoms with Gasteiger partial charge in [0.25, 0.3) is 0 Å². The molecule has 0 N–H and O–H groups in total. The van der Waals surface area contributed by atoms with Crippen LogP contribution in [0.4, 0.5) is 4.39 Å². The average molecular weight is 373 g/mol. The lowest BCUT2D eigenvalue weighted by atomic mass is 10.2. The van der Waals surface area contributed by atoms with E-state index >= 15 is 0 Å². The van der Waals surface area contributed by atoms with Crippen molar-refractivity contribution >= 4 is 11.9 Å². The molecule has 0 atom stereocenters. The molecule has 0 heterocycles. The number of hydrogen-bond donors (Lipinski definition) is 0. The molecular formula is C21H24FNO4. The average Bonchev–Trinajstić information content (AvgIpc) is 2.70. The maximum absolute atomic E-state index is 13.1. The number of esters is 1. The summed E-state index contributed by atoms with van der Waals surface area (Å²) in [4.78, 5) is 25.6. The Morgan fingerprint density at radius 1 is 1.00 bits per heavy atom. The van der Waals surface area contributed by atoms with Crippen LogP contribution < -0.4 is 4.74 Å². The summed E-state index contributed by atoms with van der Waals surface area (Å²) in [7, 11) is 1.31. The van der Waals surface area contributed by atoms with E-state index in [1.165, 1.54) is 19.2 Å². The summed E-state index contributed by atoms with van der Waals surface area (Å²) in [5.74, 6) is -0.0257. The number of carbonyl (C=O) groups excluding carboxylic acids is 2. The van der Waals surface area contributed by atoms with E-state index in [2.05, 4.69) is 4.74 Å². The summed E-state index contributed by atoms with van der Waals surface area (Å²) < 4.78 is 23.3. The van der Waals surface area contributed by atoms with E-state index in [9.17, 15) is 14.0 Å². The van der Waals surface area contributed by atoms with E-state index in [0.717, 1.165) is 11.3 Å². The van der Waals surface area contributed by atoms with Crippen LogP contribution in [0.15, 0.2) is 54.6 Å². The lowest BCUT2D eigenvalue weighted by Gasteiger charge is -2.22. The first-order chi connectivity index (χ1) is 13.1. The standard InChI is InChI=1S/C21H24FNO4/c1-26-21(25)13-14-23(16-17-9-11-18(22)12-10-17)20(24)8-5-15-27-19-6-3-2-4-7-19/h2-4,6-7,9-12H,5,8,13-16H2,1H3. The Morgan fingerprint density at radius 2 is 1.70 bits per heavy atom. The number of ether oxygens (including phenoxy) is 2. The van der Waals surface area contributed by atoms with Crippen LogP contribution in [-0.2, 0) is 20.9 Å². The molecule has 27 heavy (non-hydrogen) atoms. The molecular weight excluding hydrogens is 349 g/mol. The molecule has 5 nitrogen and oxygen atoms in total. The Labute approximate surface area is 158 Å². The van der Waals surface area contributed by atoms with Crippen molar-refractivity contribution in [3.8, 4) is 5.75 Å². The van der Waals surface area contributed by atoms with Gasteiger partial charge in [-0.05, 0) is 36.2 Å². The van der Waals surface area contributed by atoms with Crippen molar-refractivity contribution in [1.82, 2.24) is 4.90 Å². The Bertz CT molecular complexity index is 719. The fourth-order valence-corrected chi connectivity index (χ4v) is 2.52. The number of benzene rings is 2. The Balaban J connectivity index is 1.86. The van der Waals surface area contributed by atoms with Gasteiger partial charge in [0.05, 0.1) is 20.1 Å². The van der Waals surface area contributed by atoms with Crippen LogP contribution in [0.1, 0.15) is 24.8 Å². The molecule has 144 valence electrons. The first-order valence-corrected chi connectivity index (χ1v) is 8.85. The van der Waals surface area contributed by atoms with Crippen LogP contribution in [0.2, 0.25) is 0 Å². The highest BCUT2D eigenvalue weighted by atomic mass is 19.1. The number of methoxy groups -OCH3 is 1. The summed E-state index contributed by atoms with van der Waals surface area (Å²) in [6, 6.07) is 15.4. The van der Waals surface area contributed by atoms with E-state index < -0.39 is 0 Å². The van der Waals surface area contributed by atoms with Gasteiger partial charge in [0.2, 0.25) is 5.91 Å². The first-order valence-electron chi connectivity index (χ1n) is 8.85. The van der Waals surface area contributed by atoms with Gasteiger partial charge in [-0.15, -0.1) is 0 Å². The van der Waals surface area contributed by atoms with Gasteiger partial charge in [0.15, 0.2) is 0 Å². The molecule has 0 unspecified atom stereocenters. The SMILES string of the molecule is COC(=O)CCN(Cc1ccc(F)cc1)C(=O)CCCOc1ccccc1. The third kappa shape index (κ3) is 7.48. The minimum atomic E-state index is -0.376. The predicted octanol–water partition coefficient (Wildman–Crippen LogP) is 3.58. The summed E-state index contributed by atoms with van der Waals surface area (Å²) in [6.45, 7) is 0.995. The minimum Gasteiger partial charge on any atom is -0.494 e. The summed E-state index contributed by atoms with van der Waals surface area (Å²) in [6.07, 6.45) is 0.977. The molecule has 0 radical (unpaired) electrons. The summed E-state index contributed by atoms with van der Waals surface area (Å²) in [5.41, 5.74) is 0.801. The monoisotopic (exact) mass is 373 g/mol. The van der Waals surface area contributed by atoms with E-state index in [4.69, 9.17) is 4.74 Å². The van der Waals surface area contributed by atoms with Gasteiger partial charge in [0, 0.05) is 19.5 Å². The topological polar surface area (TPSA) is 55.8 Å². The molecule has 2 aromatic carbocycles. The zero-order chi connectivity index (χ0) is 19.5. The summed E-state index contributed by atoms with van der Waals surface area (Å²) in [5, 5.41) is 0. The van der Waals surface area contributed by atoms with Gasteiger partial charge in [0.1, 0.15) is 11.6 Å². The molecule has 0 bridgehead atoms. The Morgan fingerprint density at radius 3 is 2.37 bits per heavy atom. The predicted molar refractivity (Wildman–Crippen MR) is 99.6 cm³/mol. The van der Waals surface area contributed by atoms with Gasteiger partial charge in [-0.3, -0.25) is 9.59 Å². The van der Waals surface area contributed by atoms with Crippen molar-refractivity contribution in [2.24, 2.45) is 0 Å². The van der Waals surface area contributed by atoms with Crippen LogP contribution in [0.5, 0.6) is 5.75 Å². The normalized spacial score (nSPS) is 10.3. The summed E-state index contributed by atoms with van der Waals surface area (Å²) >= 11 is 0. The third-order valence-corrected chi connectivity index (χ3v) is 4.00. The van der Waals surface area contributed by atoms with E-state index in [1.807, 2.05) is 30.3 Å². The smallest absolute Gasteiger partial charge is 0.307 e. The molecule has 1 amide bonds. The van der Waals surface area contributed by atoms with Gasteiger partial charge in [-0.25, -0.2) is 4.39 Å². The maximum Gasteiger partial charge on any atom is 0.307 e. The molecule has 0 saturated heterocycles. The van der Waals surface area contributed by atoms with Crippen LogP contribution in [0.3, 0.4) is 0 Å². The molecule has 0 aliphatic heterocycles. The van der Waals surface area contributed by atoms with Crippen molar-refractivity contribution < 1.29 is 23.5 Å². The number of halogens is 1. The molecule has 0 saturated carbocycles. The quantitative estimate of drug-likeness (QED) is 0.472. The maximum atomic E-state index is 13.1. The number of nitrogens with zero attached hydrogens (tertiary/aromatic N) is 1. The number of hydrogen-bond acceptors (Lipinski definition) is 4. The Hall–Kier alpha value is -2.89. The van der Waals surface area contributed by atoms with Crippen LogP contribution in [0.25, 0.3) is 0 Å². The van der Waals surface area contributed by atoms with Gasteiger partial charge >= 0.3 is 5.97 Å². The fraction of sp³-hybridized carbons (Fsp3) is 0.333. The highest BCUT2D eigenvalue weighted by molar-refractivity contribution is 5.77. The Kier molecular flexibility index (Phi) is 8.29. The molecule has 0 aromatic heterocycles. The second-order valence-corrected chi connectivity index (χ2v) is 6.03. The highest BCUT2D eigenvalue weighted by Gasteiger charge is 2.16. The molecule has 0 aliphatic rings. The van der Waals surface area contributed by atoms with E-state index in [-0.39, 0.29) is 30.7 Å². The van der Waals surface area contributed by atoms with Crippen molar-refractivity contribution in [3.05, 3.63) is 66.0 Å². The largest absolute Gasteiger partial charge is 0.494 e. The molecule has 6 heteroatoms. The zero-order valence-electron chi connectivity index (χ0n) is 15.4. The van der Waals surface area contributed by atoms with Crippen LogP contribution >= 0.6 is 0 Å². The number of amides is 1. The van der Waals surface area contributed by atoms with Crippen molar-refractivity contribution in [3.63, 3.8) is 0 Å².